The standard InChI is InChI=1S/C23H18BrN3O3S/c1-29-18-8-3-15(4-9-18)14-25-27(22(28)16-5-10-19(30-2)11-6-16)23-26-20-12-7-17(24)13-21(20)31-23/h3-14H,1-2H3/b25-14+. The predicted octanol–water partition coefficient (Wildman–Crippen LogP) is 5.76. The van der Waals surface area contributed by atoms with E-state index in [1.165, 1.54) is 16.3 Å². The van der Waals surface area contributed by atoms with E-state index in [-0.39, 0.29) is 5.91 Å². The van der Waals surface area contributed by atoms with Gasteiger partial charge in [-0.15, -0.1) is 0 Å². The van der Waals surface area contributed by atoms with Gasteiger partial charge >= 0.3 is 0 Å². The first-order chi connectivity index (χ1) is 15.1. The largest absolute Gasteiger partial charge is 0.497 e. The van der Waals surface area contributed by atoms with Crippen LogP contribution < -0.4 is 14.5 Å². The van der Waals surface area contributed by atoms with Gasteiger partial charge in [0.25, 0.3) is 5.91 Å². The fourth-order valence-corrected chi connectivity index (χ4v) is 4.31. The number of aromatic nitrogens is 1. The number of hydrogen-bond donors (Lipinski definition) is 0. The van der Waals surface area contributed by atoms with Gasteiger partial charge in [-0.3, -0.25) is 4.79 Å². The number of thiazole rings is 1. The van der Waals surface area contributed by atoms with Crippen molar-refractivity contribution in [2.24, 2.45) is 5.10 Å². The summed E-state index contributed by atoms with van der Waals surface area (Å²) < 4.78 is 12.3. The van der Waals surface area contributed by atoms with E-state index in [4.69, 9.17) is 9.47 Å². The minimum absolute atomic E-state index is 0.287. The number of fused-ring (bicyclic) bond motifs is 1. The van der Waals surface area contributed by atoms with Crippen molar-refractivity contribution in [1.29, 1.82) is 0 Å². The molecular weight excluding hydrogens is 478 g/mol. The second kappa shape index (κ2) is 9.28. The number of amides is 1. The molecule has 0 radical (unpaired) electrons. The molecule has 0 bridgehead atoms. The summed E-state index contributed by atoms with van der Waals surface area (Å²) in [7, 11) is 3.20. The van der Waals surface area contributed by atoms with Crippen LogP contribution in [0.5, 0.6) is 11.5 Å². The number of hydrazone groups is 1. The molecule has 0 aliphatic carbocycles. The number of benzene rings is 3. The molecule has 0 saturated carbocycles. The lowest BCUT2D eigenvalue weighted by Gasteiger charge is -2.14. The molecule has 0 aliphatic heterocycles. The lowest BCUT2D eigenvalue weighted by molar-refractivity contribution is 0.0988. The molecule has 3 aromatic carbocycles. The molecule has 0 unspecified atom stereocenters. The summed E-state index contributed by atoms with van der Waals surface area (Å²) in [5.41, 5.74) is 2.11. The maximum atomic E-state index is 13.3. The Morgan fingerprint density at radius 2 is 1.65 bits per heavy atom. The van der Waals surface area contributed by atoms with Gasteiger partial charge in [0.15, 0.2) is 0 Å². The van der Waals surface area contributed by atoms with E-state index in [1.54, 1.807) is 44.7 Å². The van der Waals surface area contributed by atoms with E-state index < -0.39 is 0 Å². The first-order valence-electron chi connectivity index (χ1n) is 9.30. The predicted molar refractivity (Wildman–Crippen MR) is 128 cm³/mol. The van der Waals surface area contributed by atoms with Crippen LogP contribution >= 0.6 is 27.3 Å². The Balaban J connectivity index is 1.72. The second-order valence-electron chi connectivity index (χ2n) is 6.47. The number of carbonyl (C=O) groups excluding carboxylic acids is 1. The molecular formula is C23H18BrN3O3S. The average molecular weight is 496 g/mol. The van der Waals surface area contributed by atoms with E-state index in [1.807, 2.05) is 42.5 Å². The fraction of sp³-hybridized carbons (Fsp3) is 0.0870. The summed E-state index contributed by atoms with van der Waals surface area (Å²) in [6.07, 6.45) is 1.63. The van der Waals surface area contributed by atoms with Crippen LogP contribution in [0.15, 0.2) is 76.3 Å². The van der Waals surface area contributed by atoms with Crippen LogP contribution in [0.3, 0.4) is 0 Å². The number of methoxy groups -OCH3 is 2. The van der Waals surface area contributed by atoms with Crippen molar-refractivity contribution in [3.05, 3.63) is 82.3 Å². The molecule has 0 aliphatic rings. The van der Waals surface area contributed by atoms with Gasteiger partial charge in [-0.05, 0) is 72.3 Å². The van der Waals surface area contributed by atoms with Crippen LogP contribution in [0, 0.1) is 0 Å². The van der Waals surface area contributed by atoms with Gasteiger partial charge in [0.1, 0.15) is 11.5 Å². The third kappa shape index (κ3) is 4.76. The molecule has 0 N–H and O–H groups in total. The van der Waals surface area contributed by atoms with E-state index in [0.29, 0.717) is 16.4 Å². The van der Waals surface area contributed by atoms with Crippen molar-refractivity contribution in [3.63, 3.8) is 0 Å². The summed E-state index contributed by atoms with van der Waals surface area (Å²) in [6.45, 7) is 0. The highest BCUT2D eigenvalue weighted by atomic mass is 79.9. The molecule has 0 spiro atoms. The fourth-order valence-electron chi connectivity index (χ4n) is 2.84. The molecule has 31 heavy (non-hydrogen) atoms. The Kier molecular flexibility index (Phi) is 6.29. The summed E-state index contributed by atoms with van der Waals surface area (Å²) in [5, 5.41) is 6.29. The number of ether oxygens (including phenoxy) is 2. The Bertz CT molecular complexity index is 1240. The lowest BCUT2D eigenvalue weighted by atomic mass is 10.2. The van der Waals surface area contributed by atoms with E-state index in [9.17, 15) is 4.79 Å². The van der Waals surface area contributed by atoms with E-state index in [0.717, 1.165) is 26.0 Å². The molecule has 1 heterocycles. The van der Waals surface area contributed by atoms with Crippen LogP contribution in [0.4, 0.5) is 5.13 Å². The minimum atomic E-state index is -0.287. The number of rotatable bonds is 6. The smallest absolute Gasteiger partial charge is 0.280 e. The van der Waals surface area contributed by atoms with Gasteiger partial charge in [0, 0.05) is 10.0 Å². The third-order valence-electron chi connectivity index (χ3n) is 4.49. The molecule has 4 rings (SSSR count). The number of nitrogens with zero attached hydrogens (tertiary/aromatic N) is 3. The van der Waals surface area contributed by atoms with E-state index in [2.05, 4.69) is 26.0 Å². The molecule has 0 fully saturated rings. The second-order valence-corrected chi connectivity index (χ2v) is 8.40. The van der Waals surface area contributed by atoms with Crippen molar-refractivity contribution < 1.29 is 14.3 Å². The third-order valence-corrected chi connectivity index (χ3v) is 5.97. The van der Waals surface area contributed by atoms with Gasteiger partial charge in [0.05, 0.1) is 30.7 Å². The molecule has 1 amide bonds. The first kappa shape index (κ1) is 21.0. The maximum absolute atomic E-state index is 13.3. The van der Waals surface area contributed by atoms with Crippen LogP contribution in [0.2, 0.25) is 0 Å². The Morgan fingerprint density at radius 3 is 2.29 bits per heavy atom. The monoisotopic (exact) mass is 495 g/mol. The van der Waals surface area contributed by atoms with Crippen LogP contribution in [-0.2, 0) is 0 Å². The Morgan fingerprint density at radius 1 is 1.00 bits per heavy atom. The number of hydrogen-bond acceptors (Lipinski definition) is 6. The lowest BCUT2D eigenvalue weighted by Crippen LogP contribution is -2.25. The highest BCUT2D eigenvalue weighted by Crippen LogP contribution is 2.32. The SMILES string of the molecule is COc1ccc(/C=N/N(C(=O)c2ccc(OC)cc2)c2nc3ccc(Br)cc3s2)cc1. The summed E-state index contributed by atoms with van der Waals surface area (Å²) >= 11 is 4.87. The zero-order chi connectivity index (χ0) is 21.8. The van der Waals surface area contributed by atoms with Crippen molar-refractivity contribution >= 4 is 54.7 Å². The normalized spacial score (nSPS) is 11.1. The van der Waals surface area contributed by atoms with Gasteiger partial charge in [-0.2, -0.15) is 10.1 Å². The topological polar surface area (TPSA) is 64.0 Å². The zero-order valence-electron chi connectivity index (χ0n) is 16.8. The summed E-state index contributed by atoms with van der Waals surface area (Å²) in [4.78, 5) is 17.9. The molecule has 0 atom stereocenters. The maximum Gasteiger partial charge on any atom is 0.280 e. The number of anilines is 1. The molecule has 0 saturated heterocycles. The highest BCUT2D eigenvalue weighted by molar-refractivity contribution is 9.10. The molecule has 4 aromatic rings. The van der Waals surface area contributed by atoms with Crippen LogP contribution in [-0.4, -0.2) is 31.3 Å². The Hall–Kier alpha value is -3.23. The van der Waals surface area contributed by atoms with Crippen molar-refractivity contribution in [2.75, 3.05) is 19.2 Å². The number of halogens is 1. The molecule has 6 nitrogen and oxygen atoms in total. The molecule has 1 aromatic heterocycles. The Labute approximate surface area is 191 Å². The van der Waals surface area contributed by atoms with Crippen molar-refractivity contribution in [1.82, 2.24) is 4.98 Å². The quantitative estimate of drug-likeness (QED) is 0.252. The molecule has 156 valence electrons. The summed E-state index contributed by atoms with van der Waals surface area (Å²) in [5.74, 6) is 1.14. The van der Waals surface area contributed by atoms with Crippen molar-refractivity contribution in [2.45, 2.75) is 0 Å². The van der Waals surface area contributed by atoms with Gasteiger partial charge < -0.3 is 9.47 Å². The molecule has 8 heteroatoms. The van der Waals surface area contributed by atoms with Gasteiger partial charge in [-0.25, -0.2) is 4.98 Å². The summed E-state index contributed by atoms with van der Waals surface area (Å²) in [6, 6.07) is 20.1. The highest BCUT2D eigenvalue weighted by Gasteiger charge is 2.21. The first-order valence-corrected chi connectivity index (χ1v) is 10.9. The minimum Gasteiger partial charge on any atom is -0.497 e. The number of carbonyl (C=O) groups is 1. The van der Waals surface area contributed by atoms with Crippen LogP contribution in [0.25, 0.3) is 10.2 Å². The van der Waals surface area contributed by atoms with E-state index >= 15 is 0 Å². The average Bonchev–Trinajstić information content (AvgIpc) is 3.22. The zero-order valence-corrected chi connectivity index (χ0v) is 19.2. The van der Waals surface area contributed by atoms with Crippen LogP contribution in [0.1, 0.15) is 15.9 Å². The van der Waals surface area contributed by atoms with Gasteiger partial charge in [0.2, 0.25) is 5.13 Å². The van der Waals surface area contributed by atoms with Crippen molar-refractivity contribution in [3.8, 4) is 11.5 Å². The van der Waals surface area contributed by atoms with Gasteiger partial charge in [-0.1, -0.05) is 27.3 Å².